The topological polar surface area (TPSA) is 40.6 Å². The van der Waals surface area contributed by atoms with Crippen molar-refractivity contribution in [1.29, 1.82) is 0 Å². The Hall–Kier alpha value is -2.88. The van der Waals surface area contributed by atoms with Crippen LogP contribution < -0.4 is 4.90 Å². The molecule has 0 aromatic heterocycles. The van der Waals surface area contributed by atoms with Gasteiger partial charge in [0, 0.05) is 13.1 Å². The van der Waals surface area contributed by atoms with Gasteiger partial charge in [-0.25, -0.2) is 0 Å². The van der Waals surface area contributed by atoms with E-state index in [1.54, 1.807) is 28.0 Å². The summed E-state index contributed by atoms with van der Waals surface area (Å²) in [6, 6.07) is 16.9. The standard InChI is InChI=1S/C19H18N2O2/c1-2-12-21-17-11-7-6-10-16(17)19(23)20(14-18(21)22)13-15-8-4-3-5-9-15/h2-11H,1,12-14H2. The zero-order valence-electron chi connectivity index (χ0n) is 12.8. The average Bonchev–Trinajstić information content (AvgIpc) is 2.67. The molecule has 2 amide bonds. The number of benzene rings is 2. The third-order valence-corrected chi connectivity index (χ3v) is 3.87. The molecule has 4 heteroatoms. The lowest BCUT2D eigenvalue weighted by atomic mass is 10.1. The second kappa shape index (κ2) is 6.48. The van der Waals surface area contributed by atoms with Gasteiger partial charge in [-0.15, -0.1) is 6.58 Å². The Morgan fingerprint density at radius 2 is 1.70 bits per heavy atom. The second-order valence-corrected chi connectivity index (χ2v) is 5.46. The number of hydrogen-bond donors (Lipinski definition) is 0. The summed E-state index contributed by atoms with van der Waals surface area (Å²) < 4.78 is 0. The first-order valence-corrected chi connectivity index (χ1v) is 7.54. The van der Waals surface area contributed by atoms with Crippen LogP contribution in [0.4, 0.5) is 5.69 Å². The number of hydrogen-bond acceptors (Lipinski definition) is 2. The molecule has 0 N–H and O–H groups in total. The molecule has 4 nitrogen and oxygen atoms in total. The fraction of sp³-hybridized carbons (Fsp3) is 0.158. The van der Waals surface area contributed by atoms with E-state index in [4.69, 9.17) is 0 Å². The highest BCUT2D eigenvalue weighted by molar-refractivity contribution is 6.09. The van der Waals surface area contributed by atoms with Crippen LogP contribution in [-0.4, -0.2) is 29.8 Å². The van der Waals surface area contributed by atoms with Crippen LogP contribution in [0.15, 0.2) is 67.3 Å². The molecule has 2 aromatic rings. The van der Waals surface area contributed by atoms with Gasteiger partial charge in [-0.1, -0.05) is 48.5 Å². The van der Waals surface area contributed by atoms with E-state index >= 15 is 0 Å². The number of nitrogens with zero attached hydrogens (tertiary/aromatic N) is 2. The van der Waals surface area contributed by atoms with E-state index in [-0.39, 0.29) is 18.4 Å². The Morgan fingerprint density at radius 3 is 2.43 bits per heavy atom. The van der Waals surface area contributed by atoms with E-state index in [9.17, 15) is 9.59 Å². The first kappa shape index (κ1) is 15.0. The highest BCUT2D eigenvalue weighted by Gasteiger charge is 2.30. The maximum Gasteiger partial charge on any atom is 0.256 e. The molecule has 1 heterocycles. The minimum Gasteiger partial charge on any atom is -0.325 e. The largest absolute Gasteiger partial charge is 0.325 e. The van der Waals surface area contributed by atoms with Gasteiger partial charge in [0.25, 0.3) is 5.91 Å². The highest BCUT2D eigenvalue weighted by Crippen LogP contribution is 2.26. The Kier molecular flexibility index (Phi) is 4.24. The van der Waals surface area contributed by atoms with Crippen molar-refractivity contribution >= 4 is 17.5 Å². The van der Waals surface area contributed by atoms with E-state index in [0.717, 1.165) is 5.56 Å². The summed E-state index contributed by atoms with van der Waals surface area (Å²) in [5.41, 5.74) is 2.21. The van der Waals surface area contributed by atoms with Crippen molar-refractivity contribution in [3.8, 4) is 0 Å². The van der Waals surface area contributed by atoms with Crippen molar-refractivity contribution in [3.63, 3.8) is 0 Å². The summed E-state index contributed by atoms with van der Waals surface area (Å²) in [6.07, 6.45) is 1.67. The fourth-order valence-corrected chi connectivity index (χ4v) is 2.78. The zero-order chi connectivity index (χ0) is 16.2. The molecule has 23 heavy (non-hydrogen) atoms. The molecule has 3 rings (SSSR count). The molecule has 1 aliphatic heterocycles. The van der Waals surface area contributed by atoms with E-state index in [1.807, 2.05) is 42.5 Å². The minimum atomic E-state index is -0.121. The van der Waals surface area contributed by atoms with E-state index in [0.29, 0.717) is 24.3 Å². The zero-order valence-corrected chi connectivity index (χ0v) is 12.8. The van der Waals surface area contributed by atoms with Gasteiger partial charge < -0.3 is 9.80 Å². The summed E-state index contributed by atoms with van der Waals surface area (Å²) in [4.78, 5) is 28.7. The normalized spacial score (nSPS) is 14.4. The predicted octanol–water partition coefficient (Wildman–Crippen LogP) is 2.86. The SMILES string of the molecule is C=CCN1C(=O)CN(Cc2ccccc2)C(=O)c2ccccc21. The van der Waals surface area contributed by atoms with Gasteiger partial charge in [-0.3, -0.25) is 9.59 Å². The van der Waals surface area contributed by atoms with Gasteiger partial charge in [-0.05, 0) is 17.7 Å². The minimum absolute atomic E-state index is 0.0657. The number of fused-ring (bicyclic) bond motifs is 1. The van der Waals surface area contributed by atoms with Crippen molar-refractivity contribution in [2.24, 2.45) is 0 Å². The van der Waals surface area contributed by atoms with Gasteiger partial charge in [-0.2, -0.15) is 0 Å². The van der Waals surface area contributed by atoms with Gasteiger partial charge in [0.2, 0.25) is 5.91 Å². The maximum absolute atomic E-state index is 12.9. The Morgan fingerprint density at radius 1 is 1.00 bits per heavy atom. The summed E-state index contributed by atoms with van der Waals surface area (Å²) in [7, 11) is 0. The average molecular weight is 306 g/mol. The lowest BCUT2D eigenvalue weighted by molar-refractivity contribution is -0.119. The summed E-state index contributed by atoms with van der Waals surface area (Å²) in [5.74, 6) is -0.219. The number of carbonyl (C=O) groups excluding carboxylic acids is 2. The second-order valence-electron chi connectivity index (χ2n) is 5.46. The molecule has 0 atom stereocenters. The molecule has 0 unspecified atom stereocenters. The first-order valence-electron chi connectivity index (χ1n) is 7.54. The third kappa shape index (κ3) is 3.01. The Balaban J connectivity index is 1.98. The van der Waals surface area contributed by atoms with Gasteiger partial charge in [0.1, 0.15) is 6.54 Å². The van der Waals surface area contributed by atoms with Crippen LogP contribution >= 0.6 is 0 Å². The van der Waals surface area contributed by atoms with Gasteiger partial charge in [0.15, 0.2) is 0 Å². The molecule has 0 spiro atoms. The van der Waals surface area contributed by atoms with Crippen LogP contribution in [0.25, 0.3) is 0 Å². The van der Waals surface area contributed by atoms with Gasteiger partial charge in [0.05, 0.1) is 11.3 Å². The lowest BCUT2D eigenvalue weighted by Crippen LogP contribution is -2.39. The first-order chi connectivity index (χ1) is 11.2. The quantitative estimate of drug-likeness (QED) is 0.815. The molecule has 0 fully saturated rings. The molecule has 0 saturated carbocycles. The summed E-state index contributed by atoms with van der Waals surface area (Å²) >= 11 is 0. The van der Waals surface area contributed by atoms with Crippen molar-refractivity contribution in [2.75, 3.05) is 18.0 Å². The van der Waals surface area contributed by atoms with Crippen LogP contribution in [0.2, 0.25) is 0 Å². The number of rotatable bonds is 4. The molecular weight excluding hydrogens is 288 g/mol. The Bertz CT molecular complexity index is 740. The molecule has 0 aliphatic carbocycles. The molecule has 0 bridgehead atoms. The van der Waals surface area contributed by atoms with Crippen LogP contribution in [0.5, 0.6) is 0 Å². The molecule has 2 aromatic carbocycles. The third-order valence-electron chi connectivity index (χ3n) is 3.87. The Labute approximate surface area is 135 Å². The van der Waals surface area contributed by atoms with Crippen LogP contribution in [0, 0.1) is 0 Å². The summed E-state index contributed by atoms with van der Waals surface area (Å²) in [5, 5.41) is 0. The van der Waals surface area contributed by atoms with E-state index in [2.05, 4.69) is 6.58 Å². The smallest absolute Gasteiger partial charge is 0.256 e. The fourth-order valence-electron chi connectivity index (χ4n) is 2.78. The van der Waals surface area contributed by atoms with E-state index in [1.165, 1.54) is 0 Å². The van der Waals surface area contributed by atoms with Crippen molar-refractivity contribution in [1.82, 2.24) is 4.90 Å². The van der Waals surface area contributed by atoms with Gasteiger partial charge >= 0.3 is 0 Å². The molecule has 0 saturated heterocycles. The van der Waals surface area contributed by atoms with Crippen molar-refractivity contribution < 1.29 is 9.59 Å². The number of para-hydroxylation sites is 1. The lowest BCUT2D eigenvalue weighted by Gasteiger charge is -2.21. The maximum atomic E-state index is 12.9. The predicted molar refractivity (Wildman–Crippen MR) is 90.2 cm³/mol. The number of carbonyl (C=O) groups is 2. The molecule has 1 aliphatic rings. The molecule has 116 valence electrons. The van der Waals surface area contributed by atoms with Crippen LogP contribution in [0.3, 0.4) is 0 Å². The monoisotopic (exact) mass is 306 g/mol. The van der Waals surface area contributed by atoms with E-state index < -0.39 is 0 Å². The van der Waals surface area contributed by atoms with Crippen LogP contribution in [-0.2, 0) is 11.3 Å². The van der Waals surface area contributed by atoms with Crippen LogP contribution in [0.1, 0.15) is 15.9 Å². The number of anilines is 1. The summed E-state index contributed by atoms with van der Waals surface area (Å²) in [6.45, 7) is 4.58. The van der Waals surface area contributed by atoms with Crippen molar-refractivity contribution in [2.45, 2.75) is 6.54 Å². The molecular formula is C19H18N2O2. The number of amides is 2. The van der Waals surface area contributed by atoms with Crippen molar-refractivity contribution in [3.05, 3.63) is 78.4 Å². The highest BCUT2D eigenvalue weighted by atomic mass is 16.2. The molecule has 0 radical (unpaired) electrons.